The lowest BCUT2D eigenvalue weighted by molar-refractivity contribution is -0.139. The number of carboxylic acid groups (broad SMARTS) is 1. The van der Waals surface area contributed by atoms with E-state index in [1.807, 2.05) is 31.2 Å². The van der Waals surface area contributed by atoms with Crippen LogP contribution in [0.25, 0.3) is 6.08 Å². The molecule has 29 heavy (non-hydrogen) atoms. The number of thioether (sulfide) groups is 1. The maximum Gasteiger partial charge on any atom is 0.341 e. The first-order valence-electron chi connectivity index (χ1n) is 8.61. The number of hydrogen-bond acceptors (Lipinski definition) is 6. The molecule has 3 rings (SSSR count). The van der Waals surface area contributed by atoms with E-state index in [4.69, 9.17) is 26.2 Å². The number of ether oxygens (including phenoxy) is 2. The lowest BCUT2D eigenvalue weighted by atomic mass is 10.2. The summed E-state index contributed by atoms with van der Waals surface area (Å²) in [7, 11) is 0. The normalized spacial score (nSPS) is 16.1. The number of nitrogens with one attached hydrogen (secondary N) is 1. The number of halogens is 1. The molecule has 2 aromatic carbocycles. The number of nitrogens with zero attached hydrogens (tertiary/aromatic N) is 1. The second-order valence-corrected chi connectivity index (χ2v) is 7.22. The van der Waals surface area contributed by atoms with Crippen molar-refractivity contribution in [2.45, 2.75) is 6.92 Å². The van der Waals surface area contributed by atoms with Crippen LogP contribution in [0.3, 0.4) is 0 Å². The second kappa shape index (κ2) is 9.49. The smallest absolute Gasteiger partial charge is 0.341 e. The van der Waals surface area contributed by atoms with Gasteiger partial charge in [-0.25, -0.2) is 9.79 Å². The van der Waals surface area contributed by atoms with Gasteiger partial charge < -0.3 is 19.9 Å². The van der Waals surface area contributed by atoms with Crippen LogP contribution in [0, 0.1) is 0 Å². The Labute approximate surface area is 176 Å². The molecule has 9 heteroatoms. The van der Waals surface area contributed by atoms with E-state index in [1.165, 1.54) is 11.8 Å². The molecule has 7 nitrogen and oxygen atoms in total. The van der Waals surface area contributed by atoms with Crippen molar-refractivity contribution < 1.29 is 24.2 Å². The quantitative estimate of drug-likeness (QED) is 0.639. The van der Waals surface area contributed by atoms with E-state index >= 15 is 0 Å². The Kier molecular flexibility index (Phi) is 6.79. The first-order chi connectivity index (χ1) is 13.9. The predicted octanol–water partition coefficient (Wildman–Crippen LogP) is 4.09. The Bertz CT molecular complexity index is 989. The van der Waals surface area contributed by atoms with Gasteiger partial charge in [0.05, 0.1) is 22.2 Å². The Morgan fingerprint density at radius 2 is 2.00 bits per heavy atom. The summed E-state index contributed by atoms with van der Waals surface area (Å²) in [5.41, 5.74) is 1.37. The molecule has 1 aliphatic rings. The van der Waals surface area contributed by atoms with Crippen molar-refractivity contribution in [1.29, 1.82) is 0 Å². The molecule has 0 spiro atoms. The number of hydrogen-bond donors (Lipinski definition) is 2. The topological polar surface area (TPSA) is 97.2 Å². The highest BCUT2D eigenvalue weighted by atomic mass is 35.5. The number of carboxylic acids is 1. The molecule has 0 aromatic heterocycles. The molecule has 1 heterocycles. The molecular formula is C20H17ClN2O5S. The van der Waals surface area contributed by atoms with E-state index in [1.54, 1.807) is 24.3 Å². The standard InChI is InChI=1S/C20H17ClN2O5S/c1-2-27-14-6-4-13(5-7-14)22-20-23-19(26)17(29-20)10-12-3-8-16(15(21)9-12)28-11-18(24)25/h3-10H,2,11H2,1H3,(H,24,25)(H,22,23,26)/b17-10+. The maximum atomic E-state index is 12.2. The number of amides is 1. The minimum Gasteiger partial charge on any atom is -0.494 e. The number of aliphatic imine (C=N–C) groups is 1. The number of carbonyl (C=O) groups excluding carboxylic acids is 1. The van der Waals surface area contributed by atoms with Crippen molar-refractivity contribution in [3.05, 3.63) is 58.0 Å². The Balaban J connectivity index is 1.71. The van der Waals surface area contributed by atoms with Gasteiger partial charge in [0, 0.05) is 0 Å². The molecule has 0 bridgehead atoms. The summed E-state index contributed by atoms with van der Waals surface area (Å²) in [6.07, 6.45) is 1.67. The van der Waals surface area contributed by atoms with Gasteiger partial charge in [0.1, 0.15) is 11.5 Å². The molecule has 0 radical (unpaired) electrons. The molecule has 1 aliphatic heterocycles. The highest BCUT2D eigenvalue weighted by Gasteiger charge is 2.24. The molecule has 0 unspecified atom stereocenters. The predicted molar refractivity (Wildman–Crippen MR) is 113 cm³/mol. The first-order valence-corrected chi connectivity index (χ1v) is 9.80. The van der Waals surface area contributed by atoms with Gasteiger partial charge in [-0.1, -0.05) is 17.7 Å². The van der Waals surface area contributed by atoms with Crippen LogP contribution in [0.1, 0.15) is 12.5 Å². The summed E-state index contributed by atoms with van der Waals surface area (Å²) in [6, 6.07) is 12.1. The third-order valence-corrected chi connectivity index (χ3v) is 4.84. The van der Waals surface area contributed by atoms with E-state index in [0.717, 1.165) is 5.75 Å². The zero-order valence-corrected chi connectivity index (χ0v) is 16.9. The van der Waals surface area contributed by atoms with Crippen LogP contribution >= 0.6 is 23.4 Å². The average Bonchev–Trinajstić information content (AvgIpc) is 3.01. The molecule has 0 saturated carbocycles. The lowest BCUT2D eigenvalue weighted by Crippen LogP contribution is -2.19. The van der Waals surface area contributed by atoms with E-state index in [9.17, 15) is 9.59 Å². The molecule has 150 valence electrons. The van der Waals surface area contributed by atoms with Gasteiger partial charge in [0.15, 0.2) is 11.8 Å². The summed E-state index contributed by atoms with van der Waals surface area (Å²) in [6.45, 7) is 2.02. The third kappa shape index (κ3) is 5.75. The van der Waals surface area contributed by atoms with Crippen molar-refractivity contribution in [2.75, 3.05) is 13.2 Å². The van der Waals surface area contributed by atoms with Crippen molar-refractivity contribution in [3.63, 3.8) is 0 Å². The van der Waals surface area contributed by atoms with Crippen LogP contribution in [0.15, 0.2) is 52.4 Å². The highest BCUT2D eigenvalue weighted by Crippen LogP contribution is 2.31. The SMILES string of the molecule is CCOc1ccc(N=C2NC(=O)/C(=C\c3ccc(OCC(=O)O)c(Cl)c3)S2)cc1. The average molecular weight is 433 g/mol. The van der Waals surface area contributed by atoms with Gasteiger partial charge in [-0.3, -0.25) is 4.79 Å². The van der Waals surface area contributed by atoms with Gasteiger partial charge in [-0.15, -0.1) is 0 Å². The van der Waals surface area contributed by atoms with Crippen LogP contribution in [0.4, 0.5) is 5.69 Å². The largest absolute Gasteiger partial charge is 0.494 e. The Morgan fingerprint density at radius 1 is 1.24 bits per heavy atom. The highest BCUT2D eigenvalue weighted by molar-refractivity contribution is 8.18. The molecule has 2 N–H and O–H groups in total. The molecule has 1 fully saturated rings. The fourth-order valence-corrected chi connectivity index (χ4v) is 3.48. The van der Waals surface area contributed by atoms with Crippen molar-refractivity contribution in [1.82, 2.24) is 5.32 Å². The summed E-state index contributed by atoms with van der Waals surface area (Å²) in [4.78, 5) is 27.7. The Morgan fingerprint density at radius 3 is 2.66 bits per heavy atom. The molecule has 1 amide bonds. The zero-order valence-electron chi connectivity index (χ0n) is 15.3. The molecule has 2 aromatic rings. The van der Waals surface area contributed by atoms with Crippen LogP contribution in [0.5, 0.6) is 11.5 Å². The fourth-order valence-electron chi connectivity index (χ4n) is 2.40. The van der Waals surface area contributed by atoms with Crippen molar-refractivity contribution in [3.8, 4) is 11.5 Å². The zero-order chi connectivity index (χ0) is 20.8. The van der Waals surface area contributed by atoms with Crippen LogP contribution in [0.2, 0.25) is 5.02 Å². The van der Waals surface area contributed by atoms with Gasteiger partial charge in [-0.2, -0.15) is 0 Å². The minimum atomic E-state index is -1.09. The maximum absolute atomic E-state index is 12.2. The third-order valence-electron chi connectivity index (χ3n) is 3.63. The van der Waals surface area contributed by atoms with Gasteiger partial charge in [-0.05, 0) is 66.7 Å². The van der Waals surface area contributed by atoms with Crippen LogP contribution in [-0.4, -0.2) is 35.4 Å². The van der Waals surface area contributed by atoms with E-state index < -0.39 is 12.6 Å². The van der Waals surface area contributed by atoms with E-state index in [0.29, 0.717) is 27.9 Å². The number of aliphatic carboxylic acids is 1. The van der Waals surface area contributed by atoms with Crippen molar-refractivity contribution >= 4 is 52.2 Å². The summed E-state index contributed by atoms with van der Waals surface area (Å²) < 4.78 is 10.5. The van der Waals surface area contributed by atoms with Gasteiger partial charge in [0.2, 0.25) is 0 Å². The summed E-state index contributed by atoms with van der Waals surface area (Å²) >= 11 is 7.33. The van der Waals surface area contributed by atoms with Crippen LogP contribution in [-0.2, 0) is 9.59 Å². The number of carbonyl (C=O) groups is 2. The van der Waals surface area contributed by atoms with Crippen molar-refractivity contribution in [2.24, 2.45) is 4.99 Å². The van der Waals surface area contributed by atoms with E-state index in [2.05, 4.69) is 10.3 Å². The minimum absolute atomic E-state index is 0.257. The molecule has 1 saturated heterocycles. The van der Waals surface area contributed by atoms with Crippen LogP contribution < -0.4 is 14.8 Å². The van der Waals surface area contributed by atoms with E-state index in [-0.39, 0.29) is 16.7 Å². The first kappa shape index (κ1) is 20.8. The number of benzene rings is 2. The number of rotatable bonds is 7. The summed E-state index contributed by atoms with van der Waals surface area (Å²) in [5, 5.41) is 12.1. The molecular weight excluding hydrogens is 416 g/mol. The molecule has 0 atom stereocenters. The second-order valence-electron chi connectivity index (χ2n) is 5.78. The summed E-state index contributed by atoms with van der Waals surface area (Å²) in [5.74, 6) is -0.335. The monoisotopic (exact) mass is 432 g/mol. The van der Waals surface area contributed by atoms with Gasteiger partial charge in [0.25, 0.3) is 5.91 Å². The fraction of sp³-hybridized carbons (Fsp3) is 0.150. The lowest BCUT2D eigenvalue weighted by Gasteiger charge is -2.06. The molecule has 0 aliphatic carbocycles. The Hall–Kier alpha value is -2.97. The number of amidine groups is 1. The van der Waals surface area contributed by atoms with Gasteiger partial charge >= 0.3 is 5.97 Å².